The lowest BCUT2D eigenvalue weighted by Gasteiger charge is -2.32. The van der Waals surface area contributed by atoms with Crippen LogP contribution in [-0.4, -0.2) is 43.1 Å². The number of rotatable bonds is 10. The molecular formula is C26H39IN4O. The molecule has 0 atom stereocenters. The average Bonchev–Trinajstić information content (AvgIpc) is 2.81. The number of piperidine rings is 1. The summed E-state index contributed by atoms with van der Waals surface area (Å²) in [6.45, 7) is 10.8. The van der Waals surface area contributed by atoms with Crippen LogP contribution < -0.4 is 10.6 Å². The van der Waals surface area contributed by atoms with Gasteiger partial charge in [0, 0.05) is 25.7 Å². The van der Waals surface area contributed by atoms with Crippen LogP contribution in [0.1, 0.15) is 49.8 Å². The van der Waals surface area contributed by atoms with Crippen LogP contribution >= 0.6 is 24.0 Å². The van der Waals surface area contributed by atoms with Crippen molar-refractivity contribution in [3.05, 3.63) is 71.3 Å². The van der Waals surface area contributed by atoms with Crippen molar-refractivity contribution in [2.75, 3.05) is 26.2 Å². The first kappa shape index (κ1) is 26.6. The fourth-order valence-electron chi connectivity index (χ4n) is 3.90. The van der Waals surface area contributed by atoms with Crippen LogP contribution in [0.25, 0.3) is 0 Å². The third-order valence-electron chi connectivity index (χ3n) is 5.64. The van der Waals surface area contributed by atoms with E-state index in [-0.39, 0.29) is 24.0 Å². The summed E-state index contributed by atoms with van der Waals surface area (Å²) in [6.07, 6.45) is 3.60. The minimum Gasteiger partial charge on any atom is -0.372 e. The van der Waals surface area contributed by atoms with Gasteiger partial charge < -0.3 is 20.3 Å². The zero-order valence-corrected chi connectivity index (χ0v) is 21.9. The lowest BCUT2D eigenvalue weighted by molar-refractivity contribution is 0.107. The molecule has 0 bridgehead atoms. The van der Waals surface area contributed by atoms with Gasteiger partial charge in [-0.2, -0.15) is 0 Å². The van der Waals surface area contributed by atoms with Crippen LogP contribution in [-0.2, 0) is 24.5 Å². The Labute approximate surface area is 211 Å². The second-order valence-electron chi connectivity index (χ2n) is 8.25. The maximum Gasteiger partial charge on any atom is 0.191 e. The Balaban J connectivity index is 0.00000363. The van der Waals surface area contributed by atoms with Crippen LogP contribution in [0, 0.1) is 0 Å². The first-order chi connectivity index (χ1) is 15.3. The molecule has 1 heterocycles. The van der Waals surface area contributed by atoms with Gasteiger partial charge in [-0.05, 0) is 49.4 Å². The summed E-state index contributed by atoms with van der Waals surface area (Å²) >= 11 is 0. The molecule has 0 aromatic heterocycles. The standard InChI is InChI=1S/C26H38N4O.HI/c1-3-16-30-17-14-25(15-18-30)29-26(27-4-2)28-19-22-10-12-24(13-11-22)21-31-20-23-8-6-5-7-9-23;/h5-13,25H,3-4,14-21H2,1-2H3,(H2,27,28,29);1H. The summed E-state index contributed by atoms with van der Waals surface area (Å²) < 4.78 is 5.83. The number of aliphatic imine (C=N–C) groups is 1. The number of likely N-dealkylation sites (tertiary alicyclic amines) is 1. The zero-order chi connectivity index (χ0) is 21.7. The van der Waals surface area contributed by atoms with Crippen LogP contribution in [0.3, 0.4) is 0 Å². The highest BCUT2D eigenvalue weighted by atomic mass is 127. The predicted molar refractivity (Wildman–Crippen MR) is 144 cm³/mol. The molecule has 176 valence electrons. The monoisotopic (exact) mass is 550 g/mol. The van der Waals surface area contributed by atoms with Crippen molar-refractivity contribution in [3.63, 3.8) is 0 Å². The van der Waals surface area contributed by atoms with E-state index in [4.69, 9.17) is 9.73 Å². The lowest BCUT2D eigenvalue weighted by atomic mass is 10.1. The molecule has 6 heteroatoms. The molecule has 1 saturated heterocycles. The number of hydrogen-bond acceptors (Lipinski definition) is 3. The molecule has 1 aliphatic heterocycles. The van der Waals surface area contributed by atoms with Gasteiger partial charge in [0.05, 0.1) is 19.8 Å². The van der Waals surface area contributed by atoms with Gasteiger partial charge in [-0.1, -0.05) is 61.5 Å². The SMILES string of the molecule is CCCN1CCC(NC(=NCc2ccc(COCc3ccccc3)cc2)NCC)CC1.I. The Morgan fingerprint density at radius 3 is 2.19 bits per heavy atom. The van der Waals surface area contributed by atoms with Crippen LogP contribution in [0.5, 0.6) is 0 Å². The average molecular weight is 551 g/mol. The molecule has 0 spiro atoms. The van der Waals surface area contributed by atoms with E-state index in [1.807, 2.05) is 18.2 Å². The van der Waals surface area contributed by atoms with E-state index in [9.17, 15) is 0 Å². The number of guanidine groups is 1. The Morgan fingerprint density at radius 2 is 1.56 bits per heavy atom. The fourth-order valence-corrected chi connectivity index (χ4v) is 3.90. The summed E-state index contributed by atoms with van der Waals surface area (Å²) in [7, 11) is 0. The van der Waals surface area contributed by atoms with Crippen LogP contribution in [0.4, 0.5) is 0 Å². The third kappa shape index (κ3) is 9.46. The first-order valence-electron chi connectivity index (χ1n) is 11.7. The Hall–Kier alpha value is -1.64. The van der Waals surface area contributed by atoms with Gasteiger partial charge in [0.15, 0.2) is 5.96 Å². The van der Waals surface area contributed by atoms with Crippen LogP contribution in [0.2, 0.25) is 0 Å². The molecule has 0 amide bonds. The molecule has 3 rings (SSSR count). The van der Waals surface area contributed by atoms with Gasteiger partial charge >= 0.3 is 0 Å². The maximum atomic E-state index is 5.83. The summed E-state index contributed by atoms with van der Waals surface area (Å²) in [5, 5.41) is 7.03. The summed E-state index contributed by atoms with van der Waals surface area (Å²) in [6, 6.07) is 19.4. The van der Waals surface area contributed by atoms with Crippen molar-refractivity contribution >= 4 is 29.9 Å². The predicted octanol–water partition coefficient (Wildman–Crippen LogP) is 4.95. The number of halogens is 1. The molecule has 2 aromatic rings. The minimum absolute atomic E-state index is 0. The quantitative estimate of drug-likeness (QED) is 0.250. The van der Waals surface area contributed by atoms with Gasteiger partial charge in [-0.25, -0.2) is 4.99 Å². The number of hydrogen-bond donors (Lipinski definition) is 2. The van der Waals surface area contributed by atoms with Gasteiger partial charge in [0.2, 0.25) is 0 Å². The normalized spacial score (nSPS) is 15.2. The summed E-state index contributed by atoms with van der Waals surface area (Å²) in [5.74, 6) is 0.923. The Kier molecular flexibility index (Phi) is 12.7. The minimum atomic E-state index is 0. The molecule has 0 unspecified atom stereocenters. The summed E-state index contributed by atoms with van der Waals surface area (Å²) in [4.78, 5) is 7.38. The summed E-state index contributed by atoms with van der Waals surface area (Å²) in [5.41, 5.74) is 3.60. The van der Waals surface area contributed by atoms with E-state index >= 15 is 0 Å². The first-order valence-corrected chi connectivity index (χ1v) is 11.7. The van der Waals surface area contributed by atoms with E-state index < -0.39 is 0 Å². The zero-order valence-electron chi connectivity index (χ0n) is 19.6. The smallest absolute Gasteiger partial charge is 0.191 e. The molecule has 32 heavy (non-hydrogen) atoms. The number of ether oxygens (including phenoxy) is 1. The number of nitrogens with one attached hydrogen (secondary N) is 2. The van der Waals surface area contributed by atoms with E-state index in [1.165, 1.54) is 55.6 Å². The van der Waals surface area contributed by atoms with Gasteiger partial charge in [0.1, 0.15) is 0 Å². The van der Waals surface area contributed by atoms with Crippen molar-refractivity contribution in [1.29, 1.82) is 0 Å². The van der Waals surface area contributed by atoms with Crippen molar-refractivity contribution in [2.45, 2.75) is 58.9 Å². The molecular weight excluding hydrogens is 511 g/mol. The van der Waals surface area contributed by atoms with E-state index in [1.54, 1.807) is 0 Å². The van der Waals surface area contributed by atoms with Crippen molar-refractivity contribution in [3.8, 4) is 0 Å². The van der Waals surface area contributed by atoms with E-state index in [0.29, 0.717) is 25.8 Å². The molecule has 1 fully saturated rings. The Bertz CT molecular complexity index is 774. The van der Waals surface area contributed by atoms with E-state index in [0.717, 1.165) is 12.5 Å². The lowest BCUT2D eigenvalue weighted by Crippen LogP contribution is -2.48. The second-order valence-corrected chi connectivity index (χ2v) is 8.25. The molecule has 0 saturated carbocycles. The van der Waals surface area contributed by atoms with Crippen molar-refractivity contribution in [1.82, 2.24) is 15.5 Å². The van der Waals surface area contributed by atoms with Gasteiger partial charge in [0.25, 0.3) is 0 Å². The van der Waals surface area contributed by atoms with Crippen molar-refractivity contribution in [2.24, 2.45) is 4.99 Å². The van der Waals surface area contributed by atoms with Crippen LogP contribution in [0.15, 0.2) is 59.6 Å². The topological polar surface area (TPSA) is 48.9 Å². The molecule has 0 radical (unpaired) electrons. The Morgan fingerprint density at radius 1 is 0.938 bits per heavy atom. The second kappa shape index (κ2) is 15.2. The van der Waals surface area contributed by atoms with Gasteiger partial charge in [-0.3, -0.25) is 0 Å². The highest BCUT2D eigenvalue weighted by Crippen LogP contribution is 2.11. The van der Waals surface area contributed by atoms with Gasteiger partial charge in [-0.15, -0.1) is 24.0 Å². The number of benzene rings is 2. The molecule has 2 aromatic carbocycles. The molecule has 0 aliphatic carbocycles. The molecule has 5 nitrogen and oxygen atoms in total. The molecule has 1 aliphatic rings. The highest BCUT2D eigenvalue weighted by Gasteiger charge is 2.19. The third-order valence-corrected chi connectivity index (χ3v) is 5.64. The fraction of sp³-hybridized carbons (Fsp3) is 0.500. The highest BCUT2D eigenvalue weighted by molar-refractivity contribution is 14.0. The molecule has 2 N–H and O–H groups in total. The van der Waals surface area contributed by atoms with Crippen molar-refractivity contribution < 1.29 is 4.74 Å². The maximum absolute atomic E-state index is 5.83. The van der Waals surface area contributed by atoms with E-state index in [2.05, 4.69) is 65.8 Å². The largest absolute Gasteiger partial charge is 0.372 e. The number of nitrogens with zero attached hydrogens (tertiary/aromatic N) is 2.